The molecular weight excluding hydrogens is 496 g/mol. The molecule has 0 saturated carbocycles. The lowest BCUT2D eigenvalue weighted by Gasteiger charge is -2.14. The van der Waals surface area contributed by atoms with Gasteiger partial charge < -0.3 is 14.8 Å². The van der Waals surface area contributed by atoms with Gasteiger partial charge in [-0.3, -0.25) is 19.3 Å². The standard InChI is InChI=1S/C23H23BrN2O5S/c1-5-31-21-16(24)9-15(10-18(21)30-4)11-19-22(28)26(23(29)32-19)12-20(27)25-17-8-13(2)6-7-14(17)3/h6-11H,5,12H2,1-4H3,(H,25,27)/b19-11+. The second-order valence-corrected chi connectivity index (χ2v) is 8.95. The molecule has 32 heavy (non-hydrogen) atoms. The second kappa shape index (κ2) is 10.2. The van der Waals surface area contributed by atoms with Crippen LogP contribution in [0.5, 0.6) is 11.5 Å². The Balaban J connectivity index is 1.77. The van der Waals surface area contributed by atoms with Crippen molar-refractivity contribution in [2.75, 3.05) is 25.6 Å². The van der Waals surface area contributed by atoms with Gasteiger partial charge in [0.15, 0.2) is 11.5 Å². The highest BCUT2D eigenvalue weighted by atomic mass is 79.9. The molecule has 0 aliphatic carbocycles. The van der Waals surface area contributed by atoms with Crippen LogP contribution in [0.2, 0.25) is 0 Å². The van der Waals surface area contributed by atoms with Crippen LogP contribution in [0.25, 0.3) is 6.08 Å². The molecular formula is C23H23BrN2O5S. The molecule has 1 saturated heterocycles. The topological polar surface area (TPSA) is 84.9 Å². The minimum absolute atomic E-state index is 0.229. The number of ether oxygens (including phenoxy) is 2. The third kappa shape index (κ3) is 5.34. The third-order valence-corrected chi connectivity index (χ3v) is 6.18. The maximum atomic E-state index is 12.8. The van der Waals surface area contributed by atoms with Gasteiger partial charge in [0.2, 0.25) is 5.91 Å². The third-order valence-electron chi connectivity index (χ3n) is 4.68. The van der Waals surface area contributed by atoms with Crippen molar-refractivity contribution in [1.82, 2.24) is 4.90 Å². The minimum atomic E-state index is -0.514. The van der Waals surface area contributed by atoms with Crippen molar-refractivity contribution >= 4 is 56.5 Å². The number of carbonyl (C=O) groups excluding carboxylic acids is 3. The second-order valence-electron chi connectivity index (χ2n) is 7.10. The van der Waals surface area contributed by atoms with Crippen LogP contribution in [0.3, 0.4) is 0 Å². The van der Waals surface area contributed by atoms with E-state index in [9.17, 15) is 14.4 Å². The molecule has 0 radical (unpaired) electrons. The number of halogens is 1. The summed E-state index contributed by atoms with van der Waals surface area (Å²) in [6.07, 6.45) is 1.59. The molecule has 2 aromatic carbocycles. The largest absolute Gasteiger partial charge is 0.493 e. The molecule has 0 aromatic heterocycles. The molecule has 1 fully saturated rings. The summed E-state index contributed by atoms with van der Waals surface area (Å²) < 4.78 is 11.6. The predicted molar refractivity (Wildman–Crippen MR) is 129 cm³/mol. The first-order valence-corrected chi connectivity index (χ1v) is 11.5. The lowest BCUT2D eigenvalue weighted by atomic mass is 10.1. The Bertz CT molecular complexity index is 1120. The predicted octanol–water partition coefficient (Wildman–Crippen LogP) is 5.15. The van der Waals surface area contributed by atoms with Crippen LogP contribution in [-0.2, 0) is 9.59 Å². The zero-order chi connectivity index (χ0) is 23.4. The molecule has 1 heterocycles. The number of rotatable bonds is 7. The maximum absolute atomic E-state index is 12.8. The molecule has 1 N–H and O–H groups in total. The summed E-state index contributed by atoms with van der Waals surface area (Å²) in [5.74, 6) is 0.107. The quantitative estimate of drug-likeness (QED) is 0.510. The molecule has 0 spiro atoms. The molecule has 3 amide bonds. The Morgan fingerprint density at radius 1 is 1.22 bits per heavy atom. The van der Waals surface area contributed by atoms with E-state index in [-0.39, 0.29) is 11.4 Å². The van der Waals surface area contributed by atoms with E-state index in [2.05, 4.69) is 21.2 Å². The van der Waals surface area contributed by atoms with Gasteiger partial charge in [0.05, 0.1) is 23.1 Å². The molecule has 1 aliphatic heterocycles. The monoisotopic (exact) mass is 518 g/mol. The summed E-state index contributed by atoms with van der Waals surface area (Å²) in [6, 6.07) is 9.18. The smallest absolute Gasteiger partial charge is 0.294 e. The molecule has 2 aromatic rings. The first kappa shape index (κ1) is 23.9. The number of hydrogen-bond donors (Lipinski definition) is 1. The van der Waals surface area contributed by atoms with Gasteiger partial charge in [-0.1, -0.05) is 12.1 Å². The van der Waals surface area contributed by atoms with Crippen LogP contribution in [0.15, 0.2) is 39.7 Å². The number of benzene rings is 2. The molecule has 9 heteroatoms. The highest BCUT2D eigenvalue weighted by molar-refractivity contribution is 9.10. The molecule has 1 aliphatic rings. The lowest BCUT2D eigenvalue weighted by molar-refractivity contribution is -0.127. The number of nitrogens with zero attached hydrogens (tertiary/aromatic N) is 1. The van der Waals surface area contributed by atoms with Crippen molar-refractivity contribution in [3.05, 3.63) is 56.4 Å². The van der Waals surface area contributed by atoms with Gasteiger partial charge in [-0.05, 0) is 89.4 Å². The Kier molecular flexibility index (Phi) is 7.63. The van der Waals surface area contributed by atoms with Gasteiger partial charge in [0.1, 0.15) is 6.54 Å². The van der Waals surface area contributed by atoms with E-state index in [1.54, 1.807) is 18.2 Å². The van der Waals surface area contributed by atoms with Crippen molar-refractivity contribution in [1.29, 1.82) is 0 Å². The average Bonchev–Trinajstić information content (AvgIpc) is 2.99. The first-order chi connectivity index (χ1) is 15.2. The SMILES string of the molecule is CCOc1c(Br)cc(/C=C2/SC(=O)N(CC(=O)Nc3cc(C)ccc3C)C2=O)cc1OC. The van der Waals surface area contributed by atoms with Crippen LogP contribution in [0.1, 0.15) is 23.6 Å². The highest BCUT2D eigenvalue weighted by Gasteiger charge is 2.36. The van der Waals surface area contributed by atoms with E-state index in [0.717, 1.165) is 27.8 Å². The van der Waals surface area contributed by atoms with Crippen molar-refractivity contribution in [3.8, 4) is 11.5 Å². The Labute approximate surface area is 199 Å². The zero-order valence-electron chi connectivity index (χ0n) is 18.2. The number of anilines is 1. The Morgan fingerprint density at radius 3 is 2.66 bits per heavy atom. The van der Waals surface area contributed by atoms with Crippen molar-refractivity contribution in [2.24, 2.45) is 0 Å². The van der Waals surface area contributed by atoms with E-state index in [4.69, 9.17) is 9.47 Å². The zero-order valence-corrected chi connectivity index (χ0v) is 20.6. The first-order valence-electron chi connectivity index (χ1n) is 9.86. The lowest BCUT2D eigenvalue weighted by Crippen LogP contribution is -2.36. The van der Waals surface area contributed by atoms with Crippen molar-refractivity contribution in [3.63, 3.8) is 0 Å². The van der Waals surface area contributed by atoms with Crippen LogP contribution < -0.4 is 14.8 Å². The van der Waals surface area contributed by atoms with Crippen LogP contribution in [0, 0.1) is 13.8 Å². The number of imide groups is 1. The van der Waals surface area contributed by atoms with Gasteiger partial charge in [-0.15, -0.1) is 0 Å². The van der Waals surface area contributed by atoms with E-state index in [1.807, 2.05) is 39.0 Å². The normalized spacial score (nSPS) is 14.8. The van der Waals surface area contributed by atoms with E-state index >= 15 is 0 Å². The number of methoxy groups -OCH3 is 1. The van der Waals surface area contributed by atoms with Gasteiger partial charge in [-0.2, -0.15) is 0 Å². The van der Waals surface area contributed by atoms with Crippen LogP contribution in [0.4, 0.5) is 10.5 Å². The molecule has 0 bridgehead atoms. The van der Waals surface area contributed by atoms with Gasteiger partial charge in [-0.25, -0.2) is 0 Å². The minimum Gasteiger partial charge on any atom is -0.493 e. The fourth-order valence-corrected chi connectivity index (χ4v) is 4.51. The van der Waals surface area contributed by atoms with Crippen LogP contribution in [-0.4, -0.2) is 42.2 Å². The van der Waals surface area contributed by atoms with E-state index in [1.165, 1.54) is 7.11 Å². The molecule has 0 unspecified atom stereocenters. The number of amides is 3. The Morgan fingerprint density at radius 2 is 1.97 bits per heavy atom. The fraction of sp³-hybridized carbons (Fsp3) is 0.261. The van der Waals surface area contributed by atoms with Crippen molar-refractivity contribution in [2.45, 2.75) is 20.8 Å². The number of carbonyl (C=O) groups is 3. The van der Waals surface area contributed by atoms with E-state index < -0.39 is 17.1 Å². The molecule has 7 nitrogen and oxygen atoms in total. The van der Waals surface area contributed by atoms with Crippen LogP contribution >= 0.6 is 27.7 Å². The molecule has 168 valence electrons. The van der Waals surface area contributed by atoms with Gasteiger partial charge in [0.25, 0.3) is 11.1 Å². The summed E-state index contributed by atoms with van der Waals surface area (Å²) in [5, 5.41) is 2.28. The van der Waals surface area contributed by atoms with Gasteiger partial charge in [0, 0.05) is 5.69 Å². The summed E-state index contributed by atoms with van der Waals surface area (Å²) in [6.45, 7) is 5.78. The Hall–Kier alpha value is -2.78. The maximum Gasteiger partial charge on any atom is 0.294 e. The fourth-order valence-electron chi connectivity index (χ4n) is 3.10. The molecule has 3 rings (SSSR count). The highest BCUT2D eigenvalue weighted by Crippen LogP contribution is 2.39. The summed E-state index contributed by atoms with van der Waals surface area (Å²) in [5.41, 5.74) is 3.20. The summed E-state index contributed by atoms with van der Waals surface area (Å²) in [4.78, 5) is 38.9. The number of aryl methyl sites for hydroxylation is 2. The summed E-state index contributed by atoms with van der Waals surface area (Å²) in [7, 11) is 1.52. The van der Waals surface area contributed by atoms with Crippen molar-refractivity contribution < 1.29 is 23.9 Å². The van der Waals surface area contributed by atoms with Gasteiger partial charge >= 0.3 is 0 Å². The number of thioether (sulfide) groups is 1. The van der Waals surface area contributed by atoms with E-state index in [0.29, 0.717) is 33.8 Å². The average molecular weight is 519 g/mol. The number of hydrogen-bond acceptors (Lipinski definition) is 6. The summed E-state index contributed by atoms with van der Waals surface area (Å²) >= 11 is 4.24. The molecule has 0 atom stereocenters. The number of nitrogens with one attached hydrogen (secondary N) is 1.